The van der Waals surface area contributed by atoms with Gasteiger partial charge in [0.25, 0.3) is 0 Å². The first-order valence-electron chi connectivity index (χ1n) is 3.34. The average Bonchev–Trinajstić information content (AvgIpc) is 2.62. The fourth-order valence-corrected chi connectivity index (χ4v) is 7.21. The molecular weight excluding hydrogens is 246 g/mol. The third kappa shape index (κ3) is 0.724. The number of hydrogen-bond donors (Lipinski definition) is 1. The summed E-state index contributed by atoms with van der Waals surface area (Å²) >= 11 is 0.383. The van der Waals surface area contributed by atoms with Gasteiger partial charge in [0, 0.05) is 0 Å². The molecule has 9 heavy (non-hydrogen) atoms. The maximum atomic E-state index is 3.56. The van der Waals surface area contributed by atoms with Crippen LogP contribution in [0.2, 0.25) is 0 Å². The summed E-state index contributed by atoms with van der Waals surface area (Å²) in [6, 6.07) is 0.996. The van der Waals surface area contributed by atoms with Gasteiger partial charge in [-0.2, -0.15) is 0 Å². The molecule has 4 unspecified atom stereocenters. The molecule has 4 heteroatoms. The molecule has 1 N–H and O–H groups in total. The van der Waals surface area contributed by atoms with Crippen LogP contribution in [0.4, 0.5) is 0 Å². The number of hydrogen-bond acceptors (Lipinski definition) is 2. The van der Waals surface area contributed by atoms with Gasteiger partial charge in [-0.15, -0.1) is 0 Å². The molecular formula is C5H9IN2P-. The Hall–Kier alpha value is 1.08. The van der Waals surface area contributed by atoms with E-state index in [0.717, 1.165) is 26.4 Å². The zero-order valence-corrected chi connectivity index (χ0v) is 8.13. The van der Waals surface area contributed by atoms with Crippen LogP contribution in [0.3, 0.4) is 0 Å². The Morgan fingerprint density at radius 2 is 2.67 bits per heavy atom. The molecule has 3 aliphatic rings. The molecule has 0 spiro atoms. The van der Waals surface area contributed by atoms with Crippen molar-refractivity contribution < 1.29 is 21.5 Å². The number of nitrogens with zero attached hydrogens (tertiary/aromatic N) is 1. The van der Waals surface area contributed by atoms with E-state index in [0.29, 0.717) is 21.5 Å². The van der Waals surface area contributed by atoms with E-state index in [4.69, 9.17) is 0 Å². The average molecular weight is 255 g/mol. The zero-order valence-electron chi connectivity index (χ0n) is 4.97. The first-order valence-corrected chi connectivity index (χ1v) is 6.97. The van der Waals surface area contributed by atoms with Crippen LogP contribution < -0.4 is 25.1 Å². The summed E-state index contributed by atoms with van der Waals surface area (Å²) in [4.78, 5) is 0. The SMILES string of the molecule is C1[I-]NN2PC1[C@H]1CC12. The van der Waals surface area contributed by atoms with Crippen LogP contribution in [-0.2, 0) is 0 Å². The second-order valence-electron chi connectivity index (χ2n) is 2.94. The number of fused-ring (bicyclic) bond motifs is 5. The molecule has 52 valence electrons. The van der Waals surface area contributed by atoms with Crippen molar-refractivity contribution in [2.75, 3.05) is 4.43 Å². The number of nitrogens with one attached hydrogen (secondary N) is 1. The van der Waals surface area contributed by atoms with Crippen molar-refractivity contribution in [3.05, 3.63) is 0 Å². The van der Waals surface area contributed by atoms with Crippen LogP contribution in [0.1, 0.15) is 6.42 Å². The van der Waals surface area contributed by atoms with Crippen molar-refractivity contribution >= 4 is 8.73 Å². The van der Waals surface area contributed by atoms with E-state index in [-0.39, 0.29) is 0 Å². The topological polar surface area (TPSA) is 15.3 Å². The van der Waals surface area contributed by atoms with E-state index in [9.17, 15) is 0 Å². The minimum atomic E-state index is 0.383. The predicted molar refractivity (Wildman–Crippen MR) is 33.8 cm³/mol. The molecule has 0 aromatic carbocycles. The molecule has 3 fully saturated rings. The first kappa shape index (κ1) is 5.70. The minimum absolute atomic E-state index is 0.383. The zero-order chi connectivity index (χ0) is 5.84. The van der Waals surface area contributed by atoms with Crippen LogP contribution in [0.15, 0.2) is 0 Å². The van der Waals surface area contributed by atoms with Crippen molar-refractivity contribution in [1.82, 2.24) is 8.42 Å². The van der Waals surface area contributed by atoms with Gasteiger partial charge in [-0.1, -0.05) is 0 Å². The predicted octanol–water partition coefficient (Wildman–Crippen LogP) is -2.83. The molecule has 0 radical (unpaired) electrons. The maximum absolute atomic E-state index is 3.56. The van der Waals surface area contributed by atoms with Crippen molar-refractivity contribution in [2.24, 2.45) is 5.92 Å². The van der Waals surface area contributed by atoms with Crippen LogP contribution in [0.5, 0.6) is 0 Å². The first-order chi connectivity index (χ1) is 4.45. The van der Waals surface area contributed by atoms with E-state index in [1.165, 1.54) is 6.42 Å². The number of hydrazine groups is 1. The fraction of sp³-hybridized carbons (Fsp3) is 1.00. The van der Waals surface area contributed by atoms with Crippen molar-refractivity contribution in [2.45, 2.75) is 18.1 Å². The Bertz CT molecular complexity index is 140. The van der Waals surface area contributed by atoms with Crippen molar-refractivity contribution in [1.29, 1.82) is 0 Å². The van der Waals surface area contributed by atoms with Crippen LogP contribution in [-0.4, -0.2) is 20.9 Å². The summed E-state index contributed by atoms with van der Waals surface area (Å²) in [5.41, 5.74) is 1.14. The van der Waals surface area contributed by atoms with Gasteiger partial charge >= 0.3 is 67.1 Å². The quantitative estimate of drug-likeness (QED) is 0.217. The summed E-state index contributed by atoms with van der Waals surface area (Å²) in [5.74, 6) is 1.14. The standard InChI is InChI=1S/C5H9IN2P/c1-3-4(1)8-7-6-2-5(3)9-8/h3-5,7,9H,1-2H2/q-1/t3-,4?,5?/m0/s1. The summed E-state index contributed by atoms with van der Waals surface area (Å²) in [6.07, 6.45) is 1.51. The number of alkyl halides is 1. The molecule has 1 aliphatic carbocycles. The van der Waals surface area contributed by atoms with Gasteiger partial charge in [0.1, 0.15) is 0 Å². The molecule has 2 heterocycles. The number of halogens is 1. The summed E-state index contributed by atoms with van der Waals surface area (Å²) in [5, 5.41) is 0. The molecule has 2 saturated heterocycles. The fourth-order valence-electron chi connectivity index (χ4n) is 1.72. The monoisotopic (exact) mass is 255 g/mol. The summed E-state index contributed by atoms with van der Waals surface area (Å²) < 4.78 is 7.64. The third-order valence-corrected chi connectivity index (χ3v) is 7.57. The van der Waals surface area contributed by atoms with E-state index in [2.05, 4.69) is 8.42 Å². The van der Waals surface area contributed by atoms with Crippen molar-refractivity contribution in [3.8, 4) is 0 Å². The number of rotatable bonds is 0. The molecule has 1 saturated carbocycles. The van der Waals surface area contributed by atoms with E-state index in [1.807, 2.05) is 0 Å². The van der Waals surface area contributed by atoms with Gasteiger partial charge in [-0.05, 0) is 0 Å². The summed E-state index contributed by atoms with van der Waals surface area (Å²) in [7, 11) is 1.14. The molecule has 3 rings (SSSR count). The van der Waals surface area contributed by atoms with Crippen LogP contribution >= 0.6 is 8.73 Å². The van der Waals surface area contributed by atoms with E-state index < -0.39 is 0 Å². The third-order valence-electron chi connectivity index (χ3n) is 2.35. The molecule has 5 atom stereocenters. The second kappa shape index (κ2) is 1.81. The Kier molecular flexibility index (Phi) is 1.15. The second-order valence-corrected chi connectivity index (χ2v) is 6.55. The molecule has 0 aromatic rings. The van der Waals surface area contributed by atoms with Gasteiger partial charge < -0.3 is 0 Å². The Balaban J connectivity index is 1.92. The molecule has 2 aliphatic heterocycles. The van der Waals surface area contributed by atoms with Gasteiger partial charge in [-0.3, -0.25) is 0 Å². The van der Waals surface area contributed by atoms with Gasteiger partial charge in [-0.25, -0.2) is 0 Å². The van der Waals surface area contributed by atoms with E-state index >= 15 is 0 Å². The van der Waals surface area contributed by atoms with Gasteiger partial charge in [0.15, 0.2) is 0 Å². The molecule has 0 amide bonds. The summed E-state index contributed by atoms with van der Waals surface area (Å²) in [6.45, 7) is 0. The normalized spacial score (nSPS) is 64.9. The van der Waals surface area contributed by atoms with Gasteiger partial charge in [0.2, 0.25) is 0 Å². The Morgan fingerprint density at radius 1 is 1.67 bits per heavy atom. The molecule has 2 bridgehead atoms. The molecule has 0 aromatic heterocycles. The van der Waals surface area contributed by atoms with Crippen LogP contribution in [0.25, 0.3) is 0 Å². The Labute approximate surface area is 67.2 Å². The van der Waals surface area contributed by atoms with Crippen molar-refractivity contribution in [3.63, 3.8) is 0 Å². The van der Waals surface area contributed by atoms with Crippen LogP contribution in [0, 0.1) is 5.92 Å². The Morgan fingerprint density at radius 3 is 3.44 bits per heavy atom. The van der Waals surface area contributed by atoms with Gasteiger partial charge in [0.05, 0.1) is 0 Å². The van der Waals surface area contributed by atoms with E-state index in [1.54, 1.807) is 4.43 Å². The molecule has 2 nitrogen and oxygen atoms in total.